The Bertz CT molecular complexity index is 2320. The van der Waals surface area contributed by atoms with Crippen LogP contribution in [0.2, 0.25) is 0 Å². The highest BCUT2D eigenvalue weighted by molar-refractivity contribution is 5.83. The van der Waals surface area contributed by atoms with Crippen LogP contribution in [0.15, 0.2) is 71.9 Å². The third kappa shape index (κ3) is 28.1. The van der Waals surface area contributed by atoms with Crippen LogP contribution in [0.4, 0.5) is 0 Å². The minimum atomic E-state index is -1.16. The van der Waals surface area contributed by atoms with E-state index in [2.05, 4.69) is 0 Å². The zero-order chi connectivity index (χ0) is 72.5. The Morgan fingerprint density at radius 1 is 0.449 bits per heavy atom. The summed E-state index contributed by atoms with van der Waals surface area (Å²) in [5.41, 5.74) is 1.39. The second kappa shape index (κ2) is 43.1. The molecule has 98 heavy (non-hydrogen) atoms. The molecule has 0 aromatic rings. The van der Waals surface area contributed by atoms with Crippen LogP contribution in [0.5, 0.6) is 0 Å². The van der Waals surface area contributed by atoms with E-state index < -0.39 is 133 Å². The van der Waals surface area contributed by atoms with Gasteiger partial charge in [-0.3, -0.25) is 0 Å². The van der Waals surface area contributed by atoms with E-state index in [0.29, 0.717) is 62.5 Å². The quantitative estimate of drug-likeness (QED) is 0.0527. The average molecular weight is 1390 g/mol. The van der Waals surface area contributed by atoms with Crippen molar-refractivity contribution < 1.29 is 97.8 Å². The van der Waals surface area contributed by atoms with Crippen LogP contribution in [0, 0.1) is 47.3 Å². The normalized spacial score (nSPS) is 41.1. The molecule has 5 aliphatic heterocycles. The largest absolute Gasteiger partial charge is 0.458 e. The van der Waals surface area contributed by atoms with E-state index in [1.165, 1.54) is 12.2 Å². The van der Waals surface area contributed by atoms with Gasteiger partial charge in [0.05, 0.1) is 122 Å². The third-order valence-electron chi connectivity index (χ3n) is 22.3. The van der Waals surface area contributed by atoms with E-state index in [1.807, 2.05) is 106 Å². The number of carbonyl (C=O) groups excluding carboxylic acids is 2. The van der Waals surface area contributed by atoms with Crippen molar-refractivity contribution >= 4 is 11.9 Å². The predicted molar refractivity (Wildman–Crippen MR) is 377 cm³/mol. The van der Waals surface area contributed by atoms with Crippen molar-refractivity contribution in [2.75, 3.05) is 28.4 Å². The van der Waals surface area contributed by atoms with Crippen LogP contribution < -0.4 is 0 Å². The number of fused-ring (bicyclic) bond motifs is 4. The van der Waals surface area contributed by atoms with Gasteiger partial charge in [-0.2, -0.15) is 0 Å². The molecule has 20 heteroatoms. The zero-order valence-electron chi connectivity index (χ0n) is 62.3. The van der Waals surface area contributed by atoms with E-state index in [4.69, 9.17) is 47.4 Å². The molecule has 20 nitrogen and oxygen atoms in total. The number of esters is 2. The number of rotatable bonds is 16. The lowest BCUT2D eigenvalue weighted by atomic mass is 9.78. The molecule has 2 saturated heterocycles. The summed E-state index contributed by atoms with van der Waals surface area (Å²) in [6.45, 7) is 22.5. The van der Waals surface area contributed by atoms with Crippen LogP contribution in [-0.2, 0) is 57.0 Å². The molecule has 0 aliphatic carbocycles. The molecule has 4 bridgehead atoms. The zero-order valence-corrected chi connectivity index (χ0v) is 62.3. The van der Waals surface area contributed by atoms with Crippen LogP contribution >= 0.6 is 0 Å². The standard InChI is InChI=1S/C78H132O20/c1-45-23-29-57(79)37-59-19-17-21-61(95-59)41-71(91-15)52(8)68(82)44-70(84)54(10)78(56(12)76(88)48(4)28-32-64-40-66(90-14)36-50(6)94-64)98-74(86)34-26-46(2)24-30-58(80)38-60-20-18-22-62(96-60)42-72(92-16)51(7)67(81)43-69(83)53(9)77(97-73(85)33-25-45)55(11)75(87)47(3)27-31-63-39-65(89-13)35-49(5)93-63/h17-20,23-26,33-34,47-72,75-84,87-88H,21-22,27-32,35-44H2,1-16H3/b33-25-,34-26-,45-23-,46-24-/t47-,48-,49-,50-,51+,52+,53+,54+,55-,56-,57+,58+,59+,60+,61+,62+,63-,64-,65+,66+,67+,68+,69-,70-,71+,72+,75-,76-,77+,78+/m0/s1. The summed E-state index contributed by atoms with van der Waals surface area (Å²) in [6.07, 6.45) is 14.1. The lowest BCUT2D eigenvalue weighted by molar-refractivity contribution is -0.158. The summed E-state index contributed by atoms with van der Waals surface area (Å²) >= 11 is 0. The maximum atomic E-state index is 13.9. The van der Waals surface area contributed by atoms with Gasteiger partial charge in [0, 0.05) is 102 Å². The van der Waals surface area contributed by atoms with Crippen LogP contribution in [0.3, 0.4) is 0 Å². The summed E-state index contributed by atoms with van der Waals surface area (Å²) < 4.78 is 61.3. The number of aliphatic hydroxyl groups excluding tert-OH is 8. The van der Waals surface area contributed by atoms with Gasteiger partial charge in [0.15, 0.2) is 0 Å². The highest BCUT2D eigenvalue weighted by Crippen LogP contribution is 2.37. The van der Waals surface area contributed by atoms with Crippen LogP contribution in [0.1, 0.15) is 199 Å². The van der Waals surface area contributed by atoms with Crippen molar-refractivity contribution in [3.8, 4) is 0 Å². The fourth-order valence-corrected chi connectivity index (χ4v) is 15.3. The molecular weight excluding hydrogens is 1260 g/mol. The Balaban J connectivity index is 1.36. The Hall–Kier alpha value is -3.26. The molecule has 564 valence electrons. The molecule has 30 atom stereocenters. The van der Waals surface area contributed by atoms with Gasteiger partial charge in [-0.15, -0.1) is 0 Å². The molecule has 5 rings (SSSR count). The fourth-order valence-electron chi connectivity index (χ4n) is 15.3. The summed E-state index contributed by atoms with van der Waals surface area (Å²) in [7, 11) is 6.58. The summed E-state index contributed by atoms with van der Waals surface area (Å²) in [4.78, 5) is 27.8. The molecule has 0 aromatic heterocycles. The summed E-state index contributed by atoms with van der Waals surface area (Å²) in [6, 6.07) is 0. The molecule has 0 aromatic carbocycles. The molecular formula is C78H132O20. The average Bonchev–Trinajstić information content (AvgIpc) is 0.853. The van der Waals surface area contributed by atoms with Gasteiger partial charge in [-0.05, 0) is 129 Å². The number of cyclic esters (lactones) is 2. The number of carbonyl (C=O) groups is 2. The smallest absolute Gasteiger partial charge is 0.331 e. The van der Waals surface area contributed by atoms with Crippen molar-refractivity contribution in [2.24, 2.45) is 47.3 Å². The van der Waals surface area contributed by atoms with Gasteiger partial charge < -0.3 is 88.2 Å². The van der Waals surface area contributed by atoms with E-state index >= 15 is 0 Å². The molecule has 5 heterocycles. The SMILES string of the molecule is CO[C@H]1C[C@H](CC[C@H](C)[C@H](O)[C@H](C)[C@@H]2OC(=O)/C=C\C(C)=C/C[C@@H](O)C[C@H]3C=CC[C@H](C[C@@H](OC)[C@H](C)[C@H](O)C[C@H](O)[C@@H](C)[C@H]([C@@H](C)[C@@H](O)[C@@H](C)CC[C@H]4C[C@H](OC)C[C@H](C)O4)OC(=O)/C=C\C(C)=C/C[C@@H](O)C[C@H]4C=CC[C@H](C[C@@H](OC)[C@H](C)[C@H](O)C[C@H](O)[C@H]2C)O4)O3)O[C@@H](C)C1. The number of ether oxygens (including phenoxy) is 10. The lowest BCUT2D eigenvalue weighted by Gasteiger charge is -2.38. The van der Waals surface area contributed by atoms with Crippen molar-refractivity contribution in [2.45, 2.75) is 333 Å². The monoisotopic (exact) mass is 1390 g/mol. The fraction of sp³-hybridized carbons (Fsp3) is 0.821. The maximum Gasteiger partial charge on any atom is 0.331 e. The topological polar surface area (TPSA) is 288 Å². The molecule has 0 unspecified atom stereocenters. The van der Waals surface area contributed by atoms with Gasteiger partial charge in [0.25, 0.3) is 0 Å². The highest BCUT2D eigenvalue weighted by Gasteiger charge is 2.42. The molecule has 0 spiro atoms. The summed E-state index contributed by atoms with van der Waals surface area (Å²) in [5, 5.41) is 94.4. The van der Waals surface area contributed by atoms with Crippen molar-refractivity contribution in [3.63, 3.8) is 0 Å². The number of methoxy groups -OCH3 is 4. The van der Waals surface area contributed by atoms with Gasteiger partial charge in [0.1, 0.15) is 12.2 Å². The number of hydrogen-bond donors (Lipinski definition) is 8. The maximum absolute atomic E-state index is 13.9. The van der Waals surface area contributed by atoms with Gasteiger partial charge in [-0.1, -0.05) is 115 Å². The lowest BCUT2D eigenvalue weighted by Crippen LogP contribution is -2.45. The van der Waals surface area contributed by atoms with E-state index in [-0.39, 0.29) is 99.2 Å². The summed E-state index contributed by atoms with van der Waals surface area (Å²) in [5.74, 6) is -5.50. The molecule has 8 N–H and O–H groups in total. The first-order valence-corrected chi connectivity index (χ1v) is 37.1. The number of hydrogen-bond acceptors (Lipinski definition) is 20. The van der Waals surface area contributed by atoms with Crippen LogP contribution in [0.25, 0.3) is 0 Å². The minimum Gasteiger partial charge on any atom is -0.458 e. The first-order valence-electron chi connectivity index (χ1n) is 37.1. The molecule has 2 fully saturated rings. The third-order valence-corrected chi connectivity index (χ3v) is 22.3. The Labute approximate surface area is 587 Å². The number of allylic oxidation sites excluding steroid dienone is 4. The predicted octanol–water partition coefficient (Wildman–Crippen LogP) is 10.1. The van der Waals surface area contributed by atoms with Crippen molar-refractivity contribution in [1.82, 2.24) is 0 Å². The number of aliphatic hydroxyl groups is 8. The second-order valence-corrected chi connectivity index (χ2v) is 30.3. The van der Waals surface area contributed by atoms with Crippen molar-refractivity contribution in [1.29, 1.82) is 0 Å². The van der Waals surface area contributed by atoms with E-state index in [9.17, 15) is 50.4 Å². The van der Waals surface area contributed by atoms with E-state index in [0.717, 1.165) is 25.7 Å². The minimum absolute atomic E-state index is 0.0293. The second-order valence-electron chi connectivity index (χ2n) is 30.3. The molecule has 5 aliphatic rings. The first-order chi connectivity index (χ1) is 46.4. The van der Waals surface area contributed by atoms with Gasteiger partial charge in [0.2, 0.25) is 0 Å². The molecule has 0 amide bonds. The van der Waals surface area contributed by atoms with Crippen molar-refractivity contribution in [3.05, 3.63) is 71.9 Å². The first kappa shape index (κ1) is 85.4. The van der Waals surface area contributed by atoms with Crippen LogP contribution in [-0.4, -0.2) is 216 Å². The Kier molecular flexibility index (Phi) is 37.6. The van der Waals surface area contributed by atoms with Gasteiger partial charge >= 0.3 is 11.9 Å². The highest BCUT2D eigenvalue weighted by atomic mass is 16.6. The Morgan fingerprint density at radius 2 is 0.806 bits per heavy atom. The molecule has 0 radical (unpaired) electrons. The Morgan fingerprint density at radius 3 is 1.15 bits per heavy atom. The molecule has 0 saturated carbocycles. The van der Waals surface area contributed by atoms with E-state index in [1.54, 1.807) is 54.4 Å². The van der Waals surface area contributed by atoms with Gasteiger partial charge in [-0.25, -0.2) is 9.59 Å².